The Morgan fingerprint density at radius 1 is 1.00 bits per heavy atom. The Morgan fingerprint density at radius 3 is 2.38 bits per heavy atom. The number of rotatable bonds is 8. The maximum absolute atomic E-state index is 14.7. The highest BCUT2D eigenvalue weighted by atomic mass is 19.1. The van der Waals surface area contributed by atoms with Crippen molar-refractivity contribution >= 4 is 29.3 Å². The Balaban J connectivity index is 1.69. The maximum Gasteiger partial charge on any atom is 0.330 e. The molecular weight excluding hydrogens is 505 g/mol. The molecule has 0 spiro atoms. The topological polar surface area (TPSA) is 73.6 Å². The Hall–Kier alpha value is -4.44. The van der Waals surface area contributed by atoms with Crippen LogP contribution in [0.2, 0.25) is 0 Å². The van der Waals surface area contributed by atoms with Gasteiger partial charge in [-0.1, -0.05) is 43.5 Å². The zero-order valence-corrected chi connectivity index (χ0v) is 23.2. The fraction of sp³-hybridized carbons (Fsp3) is 0.303. The lowest BCUT2D eigenvalue weighted by atomic mass is 9.88. The Morgan fingerprint density at radius 2 is 1.73 bits per heavy atom. The molecule has 1 aliphatic rings. The highest BCUT2D eigenvalue weighted by Crippen LogP contribution is 2.31. The van der Waals surface area contributed by atoms with Crippen LogP contribution in [-0.2, 0) is 20.9 Å². The summed E-state index contributed by atoms with van der Waals surface area (Å²) in [6, 6.07) is 20.2. The maximum atomic E-state index is 14.7. The lowest BCUT2D eigenvalue weighted by Crippen LogP contribution is -2.36. The number of anilines is 2. The minimum atomic E-state index is -0.554. The number of nitrogens with zero attached hydrogens (tertiary/aromatic N) is 3. The number of hydrogen-bond acceptors (Lipinski definition) is 5. The third-order valence-electron chi connectivity index (χ3n) is 7.29. The molecule has 40 heavy (non-hydrogen) atoms. The van der Waals surface area contributed by atoms with Crippen LogP contribution in [0, 0.1) is 23.1 Å². The normalized spacial score (nSPS) is 13.6. The van der Waals surface area contributed by atoms with Gasteiger partial charge in [0.25, 0.3) is 0 Å². The Bertz CT molecular complexity index is 1430. The molecule has 3 aromatic rings. The van der Waals surface area contributed by atoms with Gasteiger partial charge in [0.1, 0.15) is 5.82 Å². The van der Waals surface area contributed by atoms with Crippen molar-refractivity contribution in [1.82, 2.24) is 0 Å². The van der Waals surface area contributed by atoms with Crippen molar-refractivity contribution in [2.75, 3.05) is 31.0 Å². The van der Waals surface area contributed by atoms with Gasteiger partial charge in [-0.3, -0.25) is 4.79 Å². The summed E-state index contributed by atoms with van der Waals surface area (Å²) in [7, 11) is 5.22. The standard InChI is InChI=1S/C33H34FN3O3/c1-36(2)29-13-11-25(12-14-29)31-15-9-24(17-27(31)21-35)22-37(33(39)26-7-5-4-6-8-26)30-19-23(18-28(34)20-30)10-16-32(38)40-3/h9-20,26H,4-8,22H2,1-3H3/b16-10+. The van der Waals surface area contributed by atoms with Crippen LogP contribution < -0.4 is 9.80 Å². The molecule has 0 atom stereocenters. The lowest BCUT2D eigenvalue weighted by Gasteiger charge is -2.30. The fourth-order valence-electron chi connectivity index (χ4n) is 5.10. The van der Waals surface area contributed by atoms with E-state index in [9.17, 15) is 19.2 Å². The van der Waals surface area contributed by atoms with Gasteiger partial charge in [0.05, 0.1) is 25.3 Å². The van der Waals surface area contributed by atoms with Crippen molar-refractivity contribution in [1.29, 1.82) is 5.26 Å². The molecule has 0 heterocycles. The molecule has 3 aromatic carbocycles. The number of ether oxygens (including phenoxy) is 1. The number of methoxy groups -OCH3 is 1. The van der Waals surface area contributed by atoms with Gasteiger partial charge in [0, 0.05) is 37.5 Å². The quantitative estimate of drug-likeness (QED) is 0.234. The van der Waals surface area contributed by atoms with Gasteiger partial charge in [0.15, 0.2) is 0 Å². The van der Waals surface area contributed by atoms with Gasteiger partial charge in [-0.15, -0.1) is 0 Å². The second-order valence-corrected chi connectivity index (χ2v) is 10.3. The fourth-order valence-corrected chi connectivity index (χ4v) is 5.10. The molecule has 1 fully saturated rings. The van der Waals surface area contributed by atoms with Gasteiger partial charge in [-0.05, 0) is 77.6 Å². The van der Waals surface area contributed by atoms with Crippen molar-refractivity contribution in [3.05, 3.63) is 89.2 Å². The van der Waals surface area contributed by atoms with E-state index >= 15 is 0 Å². The van der Waals surface area contributed by atoms with Gasteiger partial charge < -0.3 is 14.5 Å². The highest BCUT2D eigenvalue weighted by Gasteiger charge is 2.28. The first-order valence-electron chi connectivity index (χ1n) is 13.5. The van der Waals surface area contributed by atoms with Crippen LogP contribution in [0.1, 0.15) is 48.8 Å². The van der Waals surface area contributed by atoms with Crippen LogP contribution in [-0.4, -0.2) is 33.1 Å². The van der Waals surface area contributed by atoms with E-state index in [1.165, 1.54) is 31.4 Å². The molecule has 206 valence electrons. The first-order chi connectivity index (χ1) is 19.3. The van der Waals surface area contributed by atoms with E-state index in [0.29, 0.717) is 16.8 Å². The molecule has 0 unspecified atom stereocenters. The number of benzene rings is 3. The number of esters is 1. The average Bonchev–Trinajstić information content (AvgIpc) is 2.98. The number of carbonyl (C=O) groups is 2. The van der Waals surface area contributed by atoms with E-state index in [1.54, 1.807) is 17.0 Å². The van der Waals surface area contributed by atoms with Crippen molar-refractivity contribution < 1.29 is 18.7 Å². The number of carbonyl (C=O) groups excluding carboxylic acids is 2. The summed E-state index contributed by atoms with van der Waals surface area (Å²) in [5, 5.41) is 9.97. The average molecular weight is 540 g/mol. The van der Waals surface area contributed by atoms with E-state index in [4.69, 9.17) is 0 Å². The first kappa shape index (κ1) is 28.6. The minimum Gasteiger partial charge on any atom is -0.466 e. The molecule has 6 nitrogen and oxygen atoms in total. The molecule has 0 bridgehead atoms. The highest BCUT2D eigenvalue weighted by molar-refractivity contribution is 5.95. The van der Waals surface area contributed by atoms with Crippen molar-refractivity contribution in [3.8, 4) is 17.2 Å². The largest absolute Gasteiger partial charge is 0.466 e. The molecule has 0 aromatic heterocycles. The molecule has 0 saturated heterocycles. The molecule has 1 amide bonds. The third kappa shape index (κ3) is 6.95. The molecule has 1 aliphatic carbocycles. The first-order valence-corrected chi connectivity index (χ1v) is 13.5. The summed E-state index contributed by atoms with van der Waals surface area (Å²) in [5.41, 5.74) is 4.91. The Kier molecular flexibility index (Phi) is 9.34. The van der Waals surface area contributed by atoms with Crippen LogP contribution in [0.3, 0.4) is 0 Å². The van der Waals surface area contributed by atoms with Crippen molar-refractivity contribution in [2.24, 2.45) is 5.92 Å². The van der Waals surface area contributed by atoms with Crippen molar-refractivity contribution in [2.45, 2.75) is 38.6 Å². The van der Waals surface area contributed by atoms with E-state index in [-0.39, 0.29) is 18.4 Å². The molecule has 1 saturated carbocycles. The van der Waals surface area contributed by atoms with Crippen LogP contribution in [0.15, 0.2) is 66.7 Å². The SMILES string of the molecule is COC(=O)/C=C/c1cc(F)cc(N(Cc2ccc(-c3ccc(N(C)C)cc3)c(C#N)c2)C(=O)C2CCCCC2)c1. The Labute approximate surface area is 235 Å². The molecule has 0 radical (unpaired) electrons. The van der Waals surface area contributed by atoms with Crippen LogP contribution in [0.5, 0.6) is 0 Å². The second-order valence-electron chi connectivity index (χ2n) is 10.3. The summed E-state index contributed by atoms with van der Waals surface area (Å²) in [4.78, 5) is 29.0. The smallest absolute Gasteiger partial charge is 0.330 e. The van der Waals surface area contributed by atoms with E-state index < -0.39 is 11.8 Å². The number of amides is 1. The summed E-state index contributed by atoms with van der Waals surface area (Å²) in [6.07, 6.45) is 7.35. The van der Waals surface area contributed by atoms with Gasteiger partial charge in [0.2, 0.25) is 5.91 Å². The van der Waals surface area contributed by atoms with E-state index in [1.807, 2.05) is 55.4 Å². The van der Waals surface area contributed by atoms with Gasteiger partial charge in [-0.25, -0.2) is 9.18 Å². The second kappa shape index (κ2) is 13.1. The zero-order chi connectivity index (χ0) is 28.6. The summed E-state index contributed by atoms with van der Waals surface area (Å²) in [5.74, 6) is -1.27. The number of hydrogen-bond donors (Lipinski definition) is 0. The number of halogens is 1. The molecule has 0 N–H and O–H groups in total. The predicted octanol–water partition coefficient (Wildman–Crippen LogP) is 6.73. The van der Waals surface area contributed by atoms with E-state index in [2.05, 4.69) is 10.8 Å². The monoisotopic (exact) mass is 539 g/mol. The van der Waals surface area contributed by atoms with Crippen molar-refractivity contribution in [3.63, 3.8) is 0 Å². The molecule has 4 rings (SSSR count). The van der Waals surface area contributed by atoms with Crippen LogP contribution in [0.4, 0.5) is 15.8 Å². The van der Waals surface area contributed by atoms with E-state index in [0.717, 1.165) is 54.5 Å². The summed E-state index contributed by atoms with van der Waals surface area (Å²) >= 11 is 0. The minimum absolute atomic E-state index is 0.0601. The molecule has 0 aliphatic heterocycles. The summed E-state index contributed by atoms with van der Waals surface area (Å²) < 4.78 is 19.4. The summed E-state index contributed by atoms with van der Waals surface area (Å²) in [6.45, 7) is 0.188. The lowest BCUT2D eigenvalue weighted by molar-refractivity contribution is -0.134. The van der Waals surface area contributed by atoms with Crippen LogP contribution in [0.25, 0.3) is 17.2 Å². The third-order valence-corrected chi connectivity index (χ3v) is 7.29. The number of nitriles is 1. The van der Waals surface area contributed by atoms with Crippen LogP contribution >= 0.6 is 0 Å². The van der Waals surface area contributed by atoms with Gasteiger partial charge >= 0.3 is 5.97 Å². The van der Waals surface area contributed by atoms with Gasteiger partial charge in [-0.2, -0.15) is 5.26 Å². The zero-order valence-electron chi connectivity index (χ0n) is 23.2. The molecular formula is C33H34FN3O3. The predicted molar refractivity (Wildman–Crippen MR) is 156 cm³/mol. The molecule has 7 heteroatoms.